The number of carbonyl (C=O) groups excluding carboxylic acids is 2. The SMILES string of the molecule is C[C@H](NC(=O)COC(=O)c1cccc(Br)c1)c1ccc(Cl)cc1. The predicted molar refractivity (Wildman–Crippen MR) is 92.4 cm³/mol. The van der Waals surface area contributed by atoms with Gasteiger partial charge in [-0.25, -0.2) is 4.79 Å². The quantitative estimate of drug-likeness (QED) is 0.773. The van der Waals surface area contributed by atoms with Crippen molar-refractivity contribution >= 4 is 39.4 Å². The summed E-state index contributed by atoms with van der Waals surface area (Å²) in [5.41, 5.74) is 1.30. The van der Waals surface area contributed by atoms with E-state index in [1.807, 2.05) is 19.1 Å². The Bertz CT molecular complexity index is 703. The third kappa shape index (κ3) is 5.37. The molecule has 120 valence electrons. The van der Waals surface area contributed by atoms with Gasteiger partial charge < -0.3 is 10.1 Å². The summed E-state index contributed by atoms with van der Waals surface area (Å²) in [6.07, 6.45) is 0. The number of nitrogens with one attached hydrogen (secondary N) is 1. The molecule has 2 aromatic carbocycles. The first-order chi connectivity index (χ1) is 11.0. The number of benzene rings is 2. The van der Waals surface area contributed by atoms with Gasteiger partial charge in [0.05, 0.1) is 11.6 Å². The normalized spacial score (nSPS) is 11.6. The van der Waals surface area contributed by atoms with E-state index in [2.05, 4.69) is 21.2 Å². The second-order valence-corrected chi connectivity index (χ2v) is 6.28. The second kappa shape index (κ2) is 8.13. The highest BCUT2D eigenvalue weighted by atomic mass is 79.9. The first kappa shape index (κ1) is 17.5. The molecule has 1 N–H and O–H groups in total. The van der Waals surface area contributed by atoms with Crippen LogP contribution in [0.1, 0.15) is 28.9 Å². The Hall–Kier alpha value is -1.85. The molecule has 4 nitrogen and oxygen atoms in total. The second-order valence-electron chi connectivity index (χ2n) is 4.93. The number of ether oxygens (including phenoxy) is 1. The molecule has 0 aliphatic rings. The van der Waals surface area contributed by atoms with Crippen molar-refractivity contribution in [3.8, 4) is 0 Å². The molecule has 0 unspecified atom stereocenters. The molecule has 0 aliphatic heterocycles. The molecule has 0 spiro atoms. The van der Waals surface area contributed by atoms with Crippen LogP contribution in [0.3, 0.4) is 0 Å². The Morgan fingerprint density at radius 3 is 2.57 bits per heavy atom. The lowest BCUT2D eigenvalue weighted by atomic mass is 10.1. The van der Waals surface area contributed by atoms with Crippen molar-refractivity contribution in [2.24, 2.45) is 0 Å². The van der Waals surface area contributed by atoms with Gasteiger partial charge in [0.15, 0.2) is 6.61 Å². The maximum Gasteiger partial charge on any atom is 0.338 e. The van der Waals surface area contributed by atoms with E-state index in [0.29, 0.717) is 10.6 Å². The van der Waals surface area contributed by atoms with Crippen LogP contribution in [0.15, 0.2) is 53.0 Å². The van der Waals surface area contributed by atoms with Crippen LogP contribution in [-0.2, 0) is 9.53 Å². The van der Waals surface area contributed by atoms with Crippen LogP contribution in [0, 0.1) is 0 Å². The van der Waals surface area contributed by atoms with Gasteiger partial charge in [-0.3, -0.25) is 4.79 Å². The van der Waals surface area contributed by atoms with E-state index < -0.39 is 5.97 Å². The van der Waals surface area contributed by atoms with Crippen molar-refractivity contribution in [2.45, 2.75) is 13.0 Å². The van der Waals surface area contributed by atoms with Crippen LogP contribution in [-0.4, -0.2) is 18.5 Å². The minimum absolute atomic E-state index is 0.204. The van der Waals surface area contributed by atoms with Crippen molar-refractivity contribution in [1.29, 1.82) is 0 Å². The monoisotopic (exact) mass is 395 g/mol. The van der Waals surface area contributed by atoms with Gasteiger partial charge in [-0.05, 0) is 42.8 Å². The molecule has 0 radical (unpaired) electrons. The molecule has 0 saturated carbocycles. The van der Waals surface area contributed by atoms with Gasteiger partial charge in [0.2, 0.25) is 0 Å². The standard InChI is InChI=1S/C17H15BrClNO3/c1-11(12-5-7-15(19)8-6-12)20-16(21)10-23-17(22)13-3-2-4-14(18)9-13/h2-9,11H,10H2,1H3,(H,20,21)/t11-/m0/s1. The van der Waals surface area contributed by atoms with Crippen molar-refractivity contribution in [3.63, 3.8) is 0 Å². The molecule has 0 fully saturated rings. The third-order valence-electron chi connectivity index (χ3n) is 3.14. The lowest BCUT2D eigenvalue weighted by Gasteiger charge is -2.14. The van der Waals surface area contributed by atoms with Crippen molar-refractivity contribution in [1.82, 2.24) is 5.32 Å². The first-order valence-corrected chi connectivity index (χ1v) is 8.10. The van der Waals surface area contributed by atoms with Gasteiger partial charge in [0.1, 0.15) is 0 Å². The Labute approximate surface area is 147 Å². The van der Waals surface area contributed by atoms with Crippen LogP contribution in [0.4, 0.5) is 0 Å². The molecule has 1 amide bonds. The first-order valence-electron chi connectivity index (χ1n) is 6.93. The van der Waals surface area contributed by atoms with Crippen LogP contribution < -0.4 is 5.32 Å². The molecule has 2 rings (SSSR count). The number of carbonyl (C=O) groups is 2. The topological polar surface area (TPSA) is 55.4 Å². The Balaban J connectivity index is 1.85. The van der Waals surface area contributed by atoms with Crippen LogP contribution >= 0.6 is 27.5 Å². The summed E-state index contributed by atoms with van der Waals surface area (Å²) in [4.78, 5) is 23.7. The predicted octanol–water partition coefficient (Wildman–Crippen LogP) is 4.14. The Kier molecular flexibility index (Phi) is 6.19. The van der Waals surface area contributed by atoms with Gasteiger partial charge >= 0.3 is 5.97 Å². The summed E-state index contributed by atoms with van der Waals surface area (Å²) in [7, 11) is 0. The van der Waals surface area contributed by atoms with Gasteiger partial charge in [-0.2, -0.15) is 0 Å². The average molecular weight is 397 g/mol. The molecule has 1 atom stereocenters. The van der Waals surface area contributed by atoms with E-state index in [4.69, 9.17) is 16.3 Å². The maximum atomic E-state index is 11.9. The van der Waals surface area contributed by atoms with Crippen LogP contribution in [0.25, 0.3) is 0 Å². The summed E-state index contributed by atoms with van der Waals surface area (Å²) in [5.74, 6) is -0.906. The number of amides is 1. The molecular weight excluding hydrogens is 382 g/mol. The molecule has 0 heterocycles. The summed E-state index contributed by atoms with van der Waals surface area (Å²) in [5, 5.41) is 3.40. The van der Waals surface area contributed by atoms with Crippen molar-refractivity contribution in [2.75, 3.05) is 6.61 Å². The van der Waals surface area contributed by atoms with Crippen molar-refractivity contribution in [3.05, 3.63) is 69.2 Å². The van der Waals surface area contributed by atoms with E-state index in [1.54, 1.807) is 36.4 Å². The maximum absolute atomic E-state index is 11.9. The fourth-order valence-electron chi connectivity index (χ4n) is 1.95. The smallest absolute Gasteiger partial charge is 0.338 e. The van der Waals surface area contributed by atoms with Gasteiger partial charge in [-0.15, -0.1) is 0 Å². The zero-order valence-electron chi connectivity index (χ0n) is 12.4. The van der Waals surface area contributed by atoms with Gasteiger partial charge in [0, 0.05) is 9.50 Å². The molecule has 0 aromatic heterocycles. The molecular formula is C17H15BrClNO3. The van der Waals surface area contributed by atoms with Crippen molar-refractivity contribution < 1.29 is 14.3 Å². The van der Waals surface area contributed by atoms with E-state index in [1.165, 1.54) is 0 Å². The van der Waals surface area contributed by atoms with Crippen LogP contribution in [0.2, 0.25) is 5.02 Å². The summed E-state index contributed by atoms with van der Waals surface area (Å²) < 4.78 is 5.78. The number of rotatable bonds is 5. The highest BCUT2D eigenvalue weighted by molar-refractivity contribution is 9.10. The summed E-state index contributed by atoms with van der Waals surface area (Å²) in [6.45, 7) is 1.51. The highest BCUT2D eigenvalue weighted by Gasteiger charge is 2.13. The lowest BCUT2D eigenvalue weighted by Crippen LogP contribution is -2.31. The largest absolute Gasteiger partial charge is 0.452 e. The Morgan fingerprint density at radius 1 is 1.22 bits per heavy atom. The number of hydrogen-bond acceptors (Lipinski definition) is 3. The average Bonchev–Trinajstić information content (AvgIpc) is 2.53. The molecule has 23 heavy (non-hydrogen) atoms. The molecule has 0 saturated heterocycles. The summed E-state index contributed by atoms with van der Waals surface area (Å²) in [6, 6.07) is 13.8. The van der Waals surface area contributed by atoms with Gasteiger partial charge in [-0.1, -0.05) is 45.7 Å². The molecule has 6 heteroatoms. The van der Waals surface area contributed by atoms with E-state index >= 15 is 0 Å². The van der Waals surface area contributed by atoms with E-state index in [0.717, 1.165) is 10.0 Å². The zero-order chi connectivity index (χ0) is 16.8. The fourth-order valence-corrected chi connectivity index (χ4v) is 2.47. The summed E-state index contributed by atoms with van der Waals surface area (Å²) >= 11 is 9.11. The zero-order valence-corrected chi connectivity index (χ0v) is 14.7. The molecule has 0 bridgehead atoms. The molecule has 2 aromatic rings. The minimum Gasteiger partial charge on any atom is -0.452 e. The van der Waals surface area contributed by atoms with Crippen LogP contribution in [0.5, 0.6) is 0 Å². The molecule has 0 aliphatic carbocycles. The number of hydrogen-bond donors (Lipinski definition) is 1. The lowest BCUT2D eigenvalue weighted by molar-refractivity contribution is -0.124. The third-order valence-corrected chi connectivity index (χ3v) is 3.89. The van der Waals surface area contributed by atoms with Gasteiger partial charge in [0.25, 0.3) is 5.91 Å². The minimum atomic E-state index is -0.541. The van der Waals surface area contributed by atoms with E-state index in [9.17, 15) is 9.59 Å². The Morgan fingerprint density at radius 2 is 1.91 bits per heavy atom. The van der Waals surface area contributed by atoms with E-state index in [-0.39, 0.29) is 18.6 Å². The number of halogens is 2. The highest BCUT2D eigenvalue weighted by Crippen LogP contribution is 2.16. The number of esters is 1. The fraction of sp³-hybridized carbons (Fsp3) is 0.176.